The average Bonchev–Trinajstić information content (AvgIpc) is 2.48. The third-order valence-electron chi connectivity index (χ3n) is 3.42. The second-order valence-corrected chi connectivity index (χ2v) is 4.96. The van der Waals surface area contributed by atoms with E-state index in [4.69, 9.17) is 4.74 Å². The summed E-state index contributed by atoms with van der Waals surface area (Å²) in [6.45, 7) is 2.10. The lowest BCUT2D eigenvalue weighted by Crippen LogP contribution is -2.30. The zero-order valence-electron chi connectivity index (χ0n) is 11.3. The van der Waals surface area contributed by atoms with Crippen LogP contribution in [0.4, 0.5) is 0 Å². The van der Waals surface area contributed by atoms with Crippen LogP contribution in [0, 0.1) is 0 Å². The molecule has 1 unspecified atom stereocenters. The number of rotatable bonds is 5. The molecule has 0 fully saturated rings. The molecule has 3 heteroatoms. The molecular formula is C16H19NO2. The largest absolute Gasteiger partial charge is 0.496 e. The van der Waals surface area contributed by atoms with Crippen molar-refractivity contribution in [3.05, 3.63) is 59.9 Å². The minimum atomic E-state index is -0.379. The van der Waals surface area contributed by atoms with Crippen molar-refractivity contribution in [2.24, 2.45) is 0 Å². The molecule has 0 aliphatic rings. The Kier molecular flexibility index (Phi) is 4.17. The molecule has 0 radical (unpaired) electrons. The van der Waals surface area contributed by atoms with Crippen LogP contribution in [0.1, 0.15) is 18.1 Å². The molecule has 1 atom stereocenters. The fourth-order valence-corrected chi connectivity index (χ4v) is 2.33. The van der Waals surface area contributed by atoms with Gasteiger partial charge in [0.05, 0.1) is 13.7 Å². The van der Waals surface area contributed by atoms with Crippen molar-refractivity contribution in [3.8, 4) is 5.75 Å². The Morgan fingerprint density at radius 2 is 2.00 bits per heavy atom. The van der Waals surface area contributed by atoms with Crippen molar-refractivity contribution in [3.63, 3.8) is 0 Å². The maximum absolute atomic E-state index is 9.84. The highest BCUT2D eigenvalue weighted by molar-refractivity contribution is 5.40. The SMILES string of the molecule is COc1ccccc1C(C)(CO)Cc1cccnc1. The van der Waals surface area contributed by atoms with E-state index in [0.29, 0.717) is 0 Å². The van der Waals surface area contributed by atoms with Gasteiger partial charge in [0.2, 0.25) is 0 Å². The van der Waals surface area contributed by atoms with Crippen LogP contribution in [0.5, 0.6) is 5.75 Å². The number of ether oxygens (including phenoxy) is 1. The van der Waals surface area contributed by atoms with E-state index >= 15 is 0 Å². The van der Waals surface area contributed by atoms with E-state index in [-0.39, 0.29) is 12.0 Å². The molecule has 0 amide bonds. The number of hydrogen-bond donors (Lipinski definition) is 1. The van der Waals surface area contributed by atoms with Crippen molar-refractivity contribution in [1.29, 1.82) is 0 Å². The molecule has 1 N–H and O–H groups in total. The molecule has 1 aromatic heterocycles. The summed E-state index contributed by atoms with van der Waals surface area (Å²) in [5, 5.41) is 9.84. The fraction of sp³-hybridized carbons (Fsp3) is 0.312. The number of pyridine rings is 1. The van der Waals surface area contributed by atoms with Gasteiger partial charge in [-0.25, -0.2) is 0 Å². The molecule has 0 aliphatic heterocycles. The molecular weight excluding hydrogens is 238 g/mol. The Morgan fingerprint density at radius 1 is 1.21 bits per heavy atom. The van der Waals surface area contributed by atoms with Crippen molar-refractivity contribution in [2.75, 3.05) is 13.7 Å². The first-order valence-electron chi connectivity index (χ1n) is 6.33. The maximum Gasteiger partial charge on any atom is 0.122 e. The van der Waals surface area contributed by atoms with E-state index in [1.807, 2.05) is 49.5 Å². The minimum absolute atomic E-state index is 0.0578. The molecule has 0 aliphatic carbocycles. The number of nitrogens with zero attached hydrogens (tertiary/aromatic N) is 1. The summed E-state index contributed by atoms with van der Waals surface area (Å²) in [6, 6.07) is 11.8. The first-order chi connectivity index (χ1) is 9.19. The van der Waals surface area contributed by atoms with Crippen LogP contribution >= 0.6 is 0 Å². The minimum Gasteiger partial charge on any atom is -0.496 e. The van der Waals surface area contributed by atoms with Crippen LogP contribution in [0.3, 0.4) is 0 Å². The summed E-state index contributed by atoms with van der Waals surface area (Å²) in [6.07, 6.45) is 4.31. The lowest BCUT2D eigenvalue weighted by atomic mass is 9.78. The summed E-state index contributed by atoms with van der Waals surface area (Å²) < 4.78 is 5.40. The monoisotopic (exact) mass is 257 g/mol. The Bertz CT molecular complexity index is 527. The molecule has 1 heterocycles. The molecule has 2 rings (SSSR count). The normalized spacial score (nSPS) is 13.8. The standard InChI is InChI=1S/C16H19NO2/c1-16(12-18,10-13-6-5-9-17-11-13)14-7-3-4-8-15(14)19-2/h3-9,11,18H,10,12H2,1-2H3. The van der Waals surface area contributed by atoms with Gasteiger partial charge in [-0.05, 0) is 24.1 Å². The third kappa shape index (κ3) is 2.93. The molecule has 0 spiro atoms. The van der Waals surface area contributed by atoms with E-state index in [1.54, 1.807) is 13.3 Å². The second-order valence-electron chi connectivity index (χ2n) is 4.96. The van der Waals surface area contributed by atoms with Crippen LogP contribution in [0.15, 0.2) is 48.8 Å². The smallest absolute Gasteiger partial charge is 0.122 e. The highest BCUT2D eigenvalue weighted by Crippen LogP contribution is 2.34. The molecule has 1 aromatic carbocycles. The Balaban J connectivity index is 2.36. The van der Waals surface area contributed by atoms with Crippen molar-refractivity contribution >= 4 is 0 Å². The zero-order valence-corrected chi connectivity index (χ0v) is 11.3. The predicted octanol–water partition coefficient (Wildman–Crippen LogP) is 2.58. The van der Waals surface area contributed by atoms with Crippen LogP contribution < -0.4 is 4.74 Å². The molecule has 3 nitrogen and oxygen atoms in total. The summed E-state index contributed by atoms with van der Waals surface area (Å²) >= 11 is 0. The first kappa shape index (κ1) is 13.6. The van der Waals surface area contributed by atoms with Gasteiger partial charge < -0.3 is 9.84 Å². The quantitative estimate of drug-likeness (QED) is 0.895. The average molecular weight is 257 g/mol. The van der Waals surface area contributed by atoms with Gasteiger partial charge in [0, 0.05) is 23.4 Å². The van der Waals surface area contributed by atoms with E-state index in [1.165, 1.54) is 0 Å². The van der Waals surface area contributed by atoms with Crippen LogP contribution in [-0.2, 0) is 11.8 Å². The first-order valence-corrected chi connectivity index (χ1v) is 6.33. The molecule has 0 bridgehead atoms. The second kappa shape index (κ2) is 5.85. The number of hydrogen-bond acceptors (Lipinski definition) is 3. The van der Waals surface area contributed by atoms with E-state index in [0.717, 1.165) is 23.3 Å². The van der Waals surface area contributed by atoms with Gasteiger partial charge in [-0.1, -0.05) is 31.2 Å². The van der Waals surface area contributed by atoms with E-state index in [9.17, 15) is 5.11 Å². The predicted molar refractivity (Wildman–Crippen MR) is 75.4 cm³/mol. The van der Waals surface area contributed by atoms with Crippen molar-refractivity contribution in [2.45, 2.75) is 18.8 Å². The number of benzene rings is 1. The highest BCUT2D eigenvalue weighted by Gasteiger charge is 2.29. The number of para-hydroxylation sites is 1. The topological polar surface area (TPSA) is 42.4 Å². The highest BCUT2D eigenvalue weighted by atomic mass is 16.5. The van der Waals surface area contributed by atoms with Gasteiger partial charge in [-0.2, -0.15) is 0 Å². The van der Waals surface area contributed by atoms with Gasteiger partial charge in [-0.15, -0.1) is 0 Å². The Hall–Kier alpha value is -1.87. The molecule has 19 heavy (non-hydrogen) atoms. The number of methoxy groups -OCH3 is 1. The molecule has 0 saturated carbocycles. The number of aliphatic hydroxyl groups excluding tert-OH is 1. The van der Waals surface area contributed by atoms with Crippen LogP contribution in [0.25, 0.3) is 0 Å². The van der Waals surface area contributed by atoms with Gasteiger partial charge in [0.25, 0.3) is 0 Å². The van der Waals surface area contributed by atoms with Gasteiger partial charge >= 0.3 is 0 Å². The van der Waals surface area contributed by atoms with Gasteiger partial charge in [0.1, 0.15) is 5.75 Å². The summed E-state index contributed by atoms with van der Waals surface area (Å²) in [5.41, 5.74) is 1.74. The van der Waals surface area contributed by atoms with Crippen LogP contribution in [-0.4, -0.2) is 23.8 Å². The fourth-order valence-electron chi connectivity index (χ4n) is 2.33. The molecule has 100 valence electrons. The van der Waals surface area contributed by atoms with Crippen molar-refractivity contribution < 1.29 is 9.84 Å². The third-order valence-corrected chi connectivity index (χ3v) is 3.42. The van der Waals surface area contributed by atoms with Gasteiger partial charge in [-0.3, -0.25) is 4.98 Å². The maximum atomic E-state index is 9.84. The summed E-state index contributed by atoms with van der Waals surface area (Å²) in [5.74, 6) is 0.808. The lowest BCUT2D eigenvalue weighted by Gasteiger charge is -2.29. The molecule has 2 aromatic rings. The lowest BCUT2D eigenvalue weighted by molar-refractivity contribution is 0.201. The van der Waals surface area contributed by atoms with Crippen LogP contribution in [0.2, 0.25) is 0 Å². The summed E-state index contributed by atoms with van der Waals surface area (Å²) in [7, 11) is 1.65. The van der Waals surface area contributed by atoms with Gasteiger partial charge in [0.15, 0.2) is 0 Å². The zero-order chi connectivity index (χ0) is 13.7. The molecule has 0 saturated heterocycles. The van der Waals surface area contributed by atoms with E-state index < -0.39 is 0 Å². The number of aliphatic hydroxyl groups is 1. The van der Waals surface area contributed by atoms with Crippen molar-refractivity contribution in [1.82, 2.24) is 4.98 Å². The summed E-state index contributed by atoms with van der Waals surface area (Å²) in [4.78, 5) is 4.13. The Morgan fingerprint density at radius 3 is 2.63 bits per heavy atom. The Labute approximate surface area is 113 Å². The van der Waals surface area contributed by atoms with E-state index in [2.05, 4.69) is 4.98 Å². The number of aromatic nitrogens is 1.